The Labute approximate surface area is 153 Å². The molecular weight excluding hydrogens is 324 g/mol. The van der Waals surface area contributed by atoms with Gasteiger partial charge in [-0.3, -0.25) is 4.79 Å². The van der Waals surface area contributed by atoms with Crippen LogP contribution in [-0.2, 0) is 0 Å². The van der Waals surface area contributed by atoms with Crippen LogP contribution in [0.1, 0.15) is 29.8 Å². The molecule has 0 bridgehead atoms. The number of carbonyl (C=O) groups excluding carboxylic acids is 1. The van der Waals surface area contributed by atoms with E-state index < -0.39 is 0 Å². The zero-order chi connectivity index (χ0) is 18.5. The number of aryl methyl sites for hydroxylation is 1. The number of nitrogens with one attached hydrogen (secondary N) is 2. The molecule has 5 heteroatoms. The van der Waals surface area contributed by atoms with E-state index in [0.29, 0.717) is 17.2 Å². The Balaban J connectivity index is 1.80. The van der Waals surface area contributed by atoms with Gasteiger partial charge in [-0.05, 0) is 45.0 Å². The molecule has 0 saturated heterocycles. The van der Waals surface area contributed by atoms with Gasteiger partial charge in [-0.15, -0.1) is 0 Å². The molecule has 0 aliphatic rings. The lowest BCUT2D eigenvalue weighted by molar-refractivity contribution is 0.0943. The van der Waals surface area contributed by atoms with Crippen LogP contribution in [0.15, 0.2) is 60.8 Å². The van der Waals surface area contributed by atoms with Crippen molar-refractivity contribution in [2.75, 3.05) is 5.32 Å². The van der Waals surface area contributed by atoms with Crippen molar-refractivity contribution < 1.29 is 4.79 Å². The van der Waals surface area contributed by atoms with E-state index in [1.54, 1.807) is 18.3 Å². The molecular formula is C21H22N4O. The maximum absolute atomic E-state index is 12.2. The Hall–Kier alpha value is -3.21. The van der Waals surface area contributed by atoms with E-state index in [4.69, 9.17) is 0 Å². The lowest BCUT2D eigenvalue weighted by atomic mass is 10.1. The highest BCUT2D eigenvalue weighted by Crippen LogP contribution is 2.20. The van der Waals surface area contributed by atoms with Crippen LogP contribution in [-0.4, -0.2) is 21.9 Å². The summed E-state index contributed by atoms with van der Waals surface area (Å²) in [5.41, 5.74) is 3.57. The maximum atomic E-state index is 12.2. The predicted molar refractivity (Wildman–Crippen MR) is 105 cm³/mol. The third kappa shape index (κ3) is 4.45. The van der Waals surface area contributed by atoms with E-state index in [2.05, 4.69) is 20.6 Å². The minimum Gasteiger partial charge on any atom is -0.350 e. The summed E-state index contributed by atoms with van der Waals surface area (Å²) in [6.07, 6.45) is 1.72. The molecule has 3 aromatic rings. The van der Waals surface area contributed by atoms with Gasteiger partial charge in [-0.2, -0.15) is 0 Å². The van der Waals surface area contributed by atoms with Gasteiger partial charge in [0.1, 0.15) is 5.82 Å². The van der Waals surface area contributed by atoms with Crippen LogP contribution < -0.4 is 10.6 Å². The largest absolute Gasteiger partial charge is 0.350 e. The van der Waals surface area contributed by atoms with Crippen LogP contribution in [0.4, 0.5) is 11.5 Å². The summed E-state index contributed by atoms with van der Waals surface area (Å²) in [5, 5.41) is 6.14. The lowest BCUT2D eigenvalue weighted by Gasteiger charge is -2.11. The Morgan fingerprint density at radius 3 is 2.54 bits per heavy atom. The summed E-state index contributed by atoms with van der Waals surface area (Å²) < 4.78 is 0. The molecule has 1 amide bonds. The van der Waals surface area contributed by atoms with Gasteiger partial charge in [0, 0.05) is 29.1 Å². The molecule has 26 heavy (non-hydrogen) atoms. The third-order valence-corrected chi connectivity index (χ3v) is 3.78. The SMILES string of the molecule is Cc1ccc(-c2nccc(Nc3cccc(C(=O)NC(C)C)c3)n2)cc1. The number of carbonyl (C=O) groups is 1. The molecule has 3 rings (SSSR count). The molecule has 0 radical (unpaired) electrons. The molecule has 0 aliphatic carbocycles. The van der Waals surface area contributed by atoms with Gasteiger partial charge in [0.05, 0.1) is 0 Å². The van der Waals surface area contributed by atoms with Gasteiger partial charge < -0.3 is 10.6 Å². The third-order valence-electron chi connectivity index (χ3n) is 3.78. The summed E-state index contributed by atoms with van der Waals surface area (Å²) in [6, 6.07) is 17.3. The highest BCUT2D eigenvalue weighted by atomic mass is 16.1. The number of aromatic nitrogens is 2. The van der Waals surface area contributed by atoms with Gasteiger partial charge >= 0.3 is 0 Å². The Morgan fingerprint density at radius 2 is 1.81 bits per heavy atom. The quantitative estimate of drug-likeness (QED) is 0.721. The standard InChI is InChI=1S/C21H22N4O/c1-14(2)23-21(26)17-5-4-6-18(13-17)24-19-11-12-22-20(25-19)16-9-7-15(3)8-10-16/h4-14H,1-3H3,(H,23,26)(H,22,24,25). The molecule has 0 atom stereocenters. The summed E-state index contributed by atoms with van der Waals surface area (Å²) in [7, 11) is 0. The fourth-order valence-electron chi connectivity index (χ4n) is 2.50. The van der Waals surface area contributed by atoms with E-state index in [1.165, 1.54) is 5.56 Å². The van der Waals surface area contributed by atoms with Gasteiger partial charge in [0.2, 0.25) is 0 Å². The Bertz CT molecular complexity index is 904. The molecule has 5 nitrogen and oxygen atoms in total. The highest BCUT2D eigenvalue weighted by molar-refractivity contribution is 5.95. The first-order valence-corrected chi connectivity index (χ1v) is 8.59. The predicted octanol–water partition coefficient (Wildman–Crippen LogP) is 4.33. The number of hydrogen-bond donors (Lipinski definition) is 2. The number of rotatable bonds is 5. The van der Waals surface area contributed by atoms with E-state index in [0.717, 1.165) is 11.3 Å². The van der Waals surface area contributed by atoms with Crippen LogP contribution in [0.2, 0.25) is 0 Å². The fourth-order valence-corrected chi connectivity index (χ4v) is 2.50. The van der Waals surface area contributed by atoms with Crippen LogP contribution in [0.3, 0.4) is 0 Å². The molecule has 2 aromatic carbocycles. The minimum absolute atomic E-state index is 0.0910. The molecule has 0 unspecified atom stereocenters. The van der Waals surface area contributed by atoms with Gasteiger partial charge in [0.25, 0.3) is 5.91 Å². The maximum Gasteiger partial charge on any atom is 0.251 e. The van der Waals surface area contributed by atoms with Crippen molar-refractivity contribution in [3.63, 3.8) is 0 Å². The summed E-state index contributed by atoms with van der Waals surface area (Å²) in [6.45, 7) is 5.92. The second kappa shape index (κ2) is 7.78. The van der Waals surface area contributed by atoms with Crippen LogP contribution >= 0.6 is 0 Å². The van der Waals surface area contributed by atoms with Crippen molar-refractivity contribution in [1.29, 1.82) is 0 Å². The second-order valence-electron chi connectivity index (χ2n) is 6.47. The van der Waals surface area contributed by atoms with Crippen molar-refractivity contribution in [2.24, 2.45) is 0 Å². The smallest absolute Gasteiger partial charge is 0.251 e. The lowest BCUT2D eigenvalue weighted by Crippen LogP contribution is -2.30. The summed E-state index contributed by atoms with van der Waals surface area (Å²) in [4.78, 5) is 21.1. The first kappa shape index (κ1) is 17.6. The zero-order valence-corrected chi connectivity index (χ0v) is 15.2. The number of benzene rings is 2. The average molecular weight is 346 g/mol. The topological polar surface area (TPSA) is 66.9 Å². The van der Waals surface area contributed by atoms with Crippen molar-refractivity contribution in [2.45, 2.75) is 26.8 Å². The van der Waals surface area contributed by atoms with Gasteiger partial charge in [-0.25, -0.2) is 9.97 Å². The van der Waals surface area contributed by atoms with E-state index >= 15 is 0 Å². The number of hydrogen-bond acceptors (Lipinski definition) is 4. The summed E-state index contributed by atoms with van der Waals surface area (Å²) in [5.74, 6) is 1.24. The van der Waals surface area contributed by atoms with E-state index in [-0.39, 0.29) is 11.9 Å². The second-order valence-corrected chi connectivity index (χ2v) is 6.47. The molecule has 0 saturated carbocycles. The molecule has 1 heterocycles. The minimum atomic E-state index is -0.0910. The number of amides is 1. The van der Waals surface area contributed by atoms with E-state index in [1.807, 2.05) is 63.2 Å². The van der Waals surface area contributed by atoms with Crippen molar-refractivity contribution in [1.82, 2.24) is 15.3 Å². The number of nitrogens with zero attached hydrogens (tertiary/aromatic N) is 2. The van der Waals surface area contributed by atoms with Gasteiger partial charge in [-0.1, -0.05) is 35.9 Å². The first-order chi connectivity index (χ1) is 12.5. The van der Waals surface area contributed by atoms with Crippen molar-refractivity contribution in [3.8, 4) is 11.4 Å². The Kier molecular flexibility index (Phi) is 5.27. The van der Waals surface area contributed by atoms with Crippen molar-refractivity contribution in [3.05, 3.63) is 71.9 Å². The summed E-state index contributed by atoms with van der Waals surface area (Å²) >= 11 is 0. The molecule has 132 valence electrons. The number of anilines is 2. The Morgan fingerprint density at radius 1 is 1.04 bits per heavy atom. The average Bonchev–Trinajstić information content (AvgIpc) is 2.62. The molecule has 0 spiro atoms. The molecule has 0 fully saturated rings. The fraction of sp³-hybridized carbons (Fsp3) is 0.190. The normalized spacial score (nSPS) is 10.6. The zero-order valence-electron chi connectivity index (χ0n) is 15.2. The van der Waals surface area contributed by atoms with Crippen LogP contribution in [0, 0.1) is 6.92 Å². The van der Waals surface area contributed by atoms with Crippen LogP contribution in [0.5, 0.6) is 0 Å². The first-order valence-electron chi connectivity index (χ1n) is 8.59. The molecule has 1 aromatic heterocycles. The monoisotopic (exact) mass is 346 g/mol. The van der Waals surface area contributed by atoms with Crippen molar-refractivity contribution >= 4 is 17.4 Å². The molecule has 2 N–H and O–H groups in total. The highest BCUT2D eigenvalue weighted by Gasteiger charge is 2.08. The van der Waals surface area contributed by atoms with Gasteiger partial charge in [0.15, 0.2) is 5.82 Å². The van der Waals surface area contributed by atoms with E-state index in [9.17, 15) is 4.79 Å². The molecule has 0 aliphatic heterocycles. The van der Waals surface area contributed by atoms with Crippen LogP contribution in [0.25, 0.3) is 11.4 Å².